The molecule has 0 bridgehead atoms. The van der Waals surface area contributed by atoms with Crippen LogP contribution in [0.15, 0.2) is 54.6 Å². The second-order valence-electron chi connectivity index (χ2n) is 9.85. The van der Waals surface area contributed by atoms with Gasteiger partial charge in [-0.1, -0.05) is 50.2 Å². The summed E-state index contributed by atoms with van der Waals surface area (Å²) in [6.07, 6.45) is 0.884. The van der Waals surface area contributed by atoms with Gasteiger partial charge in [-0.25, -0.2) is 0 Å². The van der Waals surface area contributed by atoms with Gasteiger partial charge >= 0.3 is 5.97 Å². The lowest BCUT2D eigenvalue weighted by Gasteiger charge is -2.23. The van der Waals surface area contributed by atoms with Crippen LogP contribution >= 0.6 is 0 Å². The van der Waals surface area contributed by atoms with Crippen LogP contribution in [0.4, 0.5) is 0 Å². The summed E-state index contributed by atoms with van der Waals surface area (Å²) in [7, 11) is 5.91. The van der Waals surface area contributed by atoms with E-state index in [0.29, 0.717) is 42.1 Å². The van der Waals surface area contributed by atoms with Gasteiger partial charge in [0.1, 0.15) is 24.1 Å². The lowest BCUT2D eigenvalue weighted by atomic mass is 10.0. The van der Waals surface area contributed by atoms with E-state index in [0.717, 1.165) is 5.56 Å². The Morgan fingerprint density at radius 3 is 2.20 bits per heavy atom. The zero-order valence-corrected chi connectivity index (χ0v) is 24.0. The number of hydrogen-bond donors (Lipinski definition) is 1. The maximum absolute atomic E-state index is 13.6. The van der Waals surface area contributed by atoms with Crippen LogP contribution in [0.2, 0.25) is 0 Å². The van der Waals surface area contributed by atoms with Crippen molar-refractivity contribution in [3.05, 3.63) is 65.9 Å². The Balaban J connectivity index is 1.95. The molecule has 0 aliphatic rings. The molecule has 0 spiro atoms. The highest BCUT2D eigenvalue weighted by atomic mass is 16.5. The summed E-state index contributed by atoms with van der Waals surface area (Å²) >= 11 is 0. The first-order chi connectivity index (χ1) is 19.2. The van der Waals surface area contributed by atoms with E-state index in [1.807, 2.05) is 48.5 Å². The number of likely N-dealkylation sites (N-methyl/N-ethyl adjacent to an activating group) is 1. The number of nitrogens with one attached hydrogen (secondary N) is 1. The van der Waals surface area contributed by atoms with Crippen molar-refractivity contribution in [3.8, 4) is 22.8 Å². The minimum Gasteiger partial charge on any atom is -0.496 e. The number of esters is 1. The molecule has 1 aromatic heterocycles. The summed E-state index contributed by atoms with van der Waals surface area (Å²) in [6, 6.07) is 15.9. The highest BCUT2D eigenvalue weighted by Gasteiger charge is 2.28. The largest absolute Gasteiger partial charge is 0.496 e. The lowest BCUT2D eigenvalue weighted by Crippen LogP contribution is -2.49. The highest BCUT2D eigenvalue weighted by Crippen LogP contribution is 2.38. The first-order valence-corrected chi connectivity index (χ1v) is 13.1. The molecule has 214 valence electrons. The van der Waals surface area contributed by atoms with Crippen molar-refractivity contribution < 1.29 is 28.6 Å². The maximum Gasteiger partial charge on any atom is 0.325 e. The first-order valence-electron chi connectivity index (χ1n) is 13.1. The van der Waals surface area contributed by atoms with Crippen LogP contribution in [-0.4, -0.2) is 73.4 Å². The van der Waals surface area contributed by atoms with E-state index >= 15 is 0 Å². The molecule has 40 heavy (non-hydrogen) atoms. The number of hydrogen-bond acceptors (Lipinski definition) is 7. The number of benzene rings is 2. The second kappa shape index (κ2) is 14.2. The molecule has 10 heteroatoms. The Morgan fingerprint density at radius 1 is 0.975 bits per heavy atom. The zero-order chi connectivity index (χ0) is 29.2. The molecule has 1 atom stereocenters. The molecule has 3 rings (SSSR count). The van der Waals surface area contributed by atoms with Crippen molar-refractivity contribution in [2.45, 2.75) is 39.3 Å². The van der Waals surface area contributed by atoms with Gasteiger partial charge in [-0.15, -0.1) is 0 Å². The van der Waals surface area contributed by atoms with Gasteiger partial charge in [0.15, 0.2) is 5.69 Å². The fourth-order valence-electron chi connectivity index (χ4n) is 4.37. The van der Waals surface area contributed by atoms with Gasteiger partial charge in [0.05, 0.1) is 32.6 Å². The molecule has 0 radical (unpaired) electrons. The van der Waals surface area contributed by atoms with Crippen molar-refractivity contribution >= 4 is 17.8 Å². The second-order valence-corrected chi connectivity index (χ2v) is 9.85. The summed E-state index contributed by atoms with van der Waals surface area (Å²) in [5, 5.41) is 7.47. The van der Waals surface area contributed by atoms with Crippen LogP contribution < -0.4 is 14.8 Å². The molecular formula is C30H38N4O6. The van der Waals surface area contributed by atoms with Crippen molar-refractivity contribution in [2.75, 3.05) is 34.9 Å². The predicted molar refractivity (Wildman–Crippen MR) is 151 cm³/mol. The van der Waals surface area contributed by atoms with Crippen molar-refractivity contribution in [3.63, 3.8) is 0 Å². The number of nitrogens with zero attached hydrogens (tertiary/aromatic N) is 3. The molecule has 0 fully saturated rings. The fourth-order valence-corrected chi connectivity index (χ4v) is 4.37. The lowest BCUT2D eigenvalue weighted by molar-refractivity contribution is -0.146. The van der Waals surface area contributed by atoms with Gasteiger partial charge in [-0.2, -0.15) is 5.10 Å². The van der Waals surface area contributed by atoms with Crippen LogP contribution in [0.5, 0.6) is 11.5 Å². The van der Waals surface area contributed by atoms with Gasteiger partial charge < -0.3 is 24.4 Å². The summed E-state index contributed by atoms with van der Waals surface area (Å²) in [5.74, 6) is -0.0548. The minimum absolute atomic E-state index is 0.150. The molecule has 0 saturated carbocycles. The molecule has 1 N–H and O–H groups in total. The van der Waals surface area contributed by atoms with Crippen molar-refractivity contribution in [1.82, 2.24) is 20.0 Å². The van der Waals surface area contributed by atoms with E-state index in [4.69, 9.17) is 14.2 Å². The predicted octanol–water partition coefficient (Wildman–Crippen LogP) is 3.59. The number of carbonyl (C=O) groups is 3. The SMILES string of the molecule is COC(=O)CN(C)C(=O)[C@H](CCc1ccccc1)NC(=O)c1cc(-c2c(OC)cccc2OC)n(CC(C)C)n1. The van der Waals surface area contributed by atoms with Crippen molar-refractivity contribution in [2.24, 2.45) is 5.92 Å². The van der Waals surface area contributed by atoms with Gasteiger partial charge in [-0.05, 0) is 42.5 Å². The summed E-state index contributed by atoms with van der Waals surface area (Å²) in [4.78, 5) is 39.9. The molecule has 0 aliphatic heterocycles. The molecule has 0 saturated heterocycles. The third-order valence-corrected chi connectivity index (χ3v) is 6.37. The summed E-state index contributed by atoms with van der Waals surface area (Å²) in [6.45, 7) is 4.43. The van der Waals surface area contributed by atoms with E-state index in [9.17, 15) is 14.4 Å². The van der Waals surface area contributed by atoms with Crippen LogP contribution in [0.1, 0.15) is 36.3 Å². The summed E-state index contributed by atoms with van der Waals surface area (Å²) < 4.78 is 17.7. The average molecular weight is 551 g/mol. The molecular weight excluding hydrogens is 512 g/mol. The quantitative estimate of drug-likeness (QED) is 0.324. The maximum atomic E-state index is 13.6. The van der Waals surface area contributed by atoms with Gasteiger partial charge in [-0.3, -0.25) is 19.1 Å². The zero-order valence-electron chi connectivity index (χ0n) is 24.0. The van der Waals surface area contributed by atoms with Gasteiger partial charge in [0.25, 0.3) is 5.91 Å². The third kappa shape index (κ3) is 7.62. The topological polar surface area (TPSA) is 112 Å². The van der Waals surface area contributed by atoms with Crippen LogP contribution in [0.25, 0.3) is 11.3 Å². The Bertz CT molecular complexity index is 1280. The fraction of sp³-hybridized carbons (Fsp3) is 0.400. The van der Waals surface area contributed by atoms with Crippen molar-refractivity contribution in [1.29, 1.82) is 0 Å². The molecule has 10 nitrogen and oxygen atoms in total. The number of aryl methyl sites for hydroxylation is 1. The molecule has 2 amide bonds. The molecule has 1 heterocycles. The Morgan fingerprint density at radius 2 is 1.62 bits per heavy atom. The minimum atomic E-state index is -0.887. The van der Waals surface area contributed by atoms with E-state index < -0.39 is 23.8 Å². The van der Waals surface area contributed by atoms with Crippen LogP contribution in [0.3, 0.4) is 0 Å². The number of rotatable bonds is 13. The smallest absolute Gasteiger partial charge is 0.325 e. The molecule has 0 aliphatic carbocycles. The van der Waals surface area contributed by atoms with Crippen LogP contribution in [0, 0.1) is 5.92 Å². The third-order valence-electron chi connectivity index (χ3n) is 6.37. The number of ether oxygens (including phenoxy) is 3. The normalized spacial score (nSPS) is 11.6. The number of aromatic nitrogens is 2. The summed E-state index contributed by atoms with van der Waals surface area (Å²) in [5.41, 5.74) is 2.51. The Hall–Kier alpha value is -4.34. The van der Waals surface area contributed by atoms with E-state index in [1.54, 1.807) is 25.0 Å². The van der Waals surface area contributed by atoms with E-state index in [1.165, 1.54) is 19.1 Å². The number of carbonyl (C=O) groups excluding carboxylic acids is 3. The number of methoxy groups -OCH3 is 3. The number of amides is 2. The van der Waals surface area contributed by atoms with Gasteiger partial charge in [0.2, 0.25) is 5.91 Å². The average Bonchev–Trinajstić information content (AvgIpc) is 3.37. The Labute approximate surface area is 235 Å². The van der Waals surface area contributed by atoms with E-state index in [-0.39, 0.29) is 18.2 Å². The molecule has 2 aromatic carbocycles. The van der Waals surface area contributed by atoms with Crippen LogP contribution in [-0.2, 0) is 27.3 Å². The molecule has 0 unspecified atom stereocenters. The first kappa shape index (κ1) is 30.2. The monoisotopic (exact) mass is 550 g/mol. The Kier molecular flexibility index (Phi) is 10.7. The highest BCUT2D eigenvalue weighted by molar-refractivity contribution is 5.97. The van der Waals surface area contributed by atoms with E-state index in [2.05, 4.69) is 24.3 Å². The van der Waals surface area contributed by atoms with Gasteiger partial charge in [0, 0.05) is 13.6 Å². The molecule has 3 aromatic rings. The standard InChI is InChI=1S/C30H38N4O6/c1-20(2)18-34-24(28-25(38-4)13-10-14-26(28)39-5)17-23(32-34)29(36)31-22(16-15-21-11-8-7-9-12-21)30(37)33(3)19-27(35)40-6/h7-14,17,20,22H,15-16,18-19H2,1-6H3,(H,31,36)/t22-/m0/s1.